The van der Waals surface area contributed by atoms with Crippen molar-refractivity contribution < 1.29 is 9.73 Å². The average Bonchev–Trinajstić information content (AvgIpc) is 3.08. The van der Waals surface area contributed by atoms with E-state index >= 15 is 0 Å². The third-order valence-corrected chi connectivity index (χ3v) is 3.75. The van der Waals surface area contributed by atoms with Gasteiger partial charge in [-0.2, -0.15) is 0 Å². The third-order valence-electron chi connectivity index (χ3n) is 3.75. The Bertz CT molecular complexity index is 632. The van der Waals surface area contributed by atoms with Crippen LogP contribution in [0.1, 0.15) is 22.7 Å². The lowest BCUT2D eigenvalue weighted by Crippen LogP contribution is -2.84. The molecule has 1 unspecified atom stereocenters. The van der Waals surface area contributed by atoms with E-state index in [2.05, 4.69) is 72.0 Å². The minimum atomic E-state index is 0.381. The van der Waals surface area contributed by atoms with E-state index in [4.69, 9.17) is 4.42 Å². The third kappa shape index (κ3) is 3.83. The summed E-state index contributed by atoms with van der Waals surface area (Å²) >= 11 is 0. The van der Waals surface area contributed by atoms with Crippen molar-refractivity contribution in [1.82, 2.24) is 0 Å². The highest BCUT2D eigenvalue weighted by atomic mass is 16.3. The van der Waals surface area contributed by atoms with Gasteiger partial charge in [0, 0.05) is 17.5 Å². The number of hydrogen-bond acceptors (Lipinski definition) is 1. The van der Waals surface area contributed by atoms with Crippen molar-refractivity contribution in [2.24, 2.45) is 0 Å². The van der Waals surface area contributed by atoms with Gasteiger partial charge in [0.1, 0.15) is 12.6 Å². The van der Waals surface area contributed by atoms with Gasteiger partial charge in [0.25, 0.3) is 0 Å². The largest absolute Gasteiger partial charge is 0.472 e. The summed E-state index contributed by atoms with van der Waals surface area (Å²) < 4.78 is 5.27. The van der Waals surface area contributed by atoms with Crippen LogP contribution in [-0.4, -0.2) is 0 Å². The molecule has 1 heterocycles. The molecule has 0 fully saturated rings. The van der Waals surface area contributed by atoms with Crippen molar-refractivity contribution in [3.63, 3.8) is 0 Å². The standard InChI is InChI=1S/C19H19NO/c1-3-7-16(8-4-1)13-19(18-11-12-21-15-18)20-14-17-9-5-2-6-10-17/h1-12,15,19-20H,13-14H2/p+1. The number of furan rings is 1. The maximum absolute atomic E-state index is 5.27. The molecule has 3 aromatic rings. The zero-order valence-corrected chi connectivity index (χ0v) is 12.0. The van der Waals surface area contributed by atoms with Crippen LogP contribution in [0.2, 0.25) is 0 Å². The maximum Gasteiger partial charge on any atom is 0.119 e. The molecule has 2 N–H and O–H groups in total. The van der Waals surface area contributed by atoms with Gasteiger partial charge in [0.05, 0.1) is 12.5 Å². The van der Waals surface area contributed by atoms with Crippen molar-refractivity contribution >= 4 is 0 Å². The molecule has 106 valence electrons. The molecule has 0 aliphatic rings. The zero-order chi connectivity index (χ0) is 14.3. The molecule has 0 radical (unpaired) electrons. The highest BCUT2D eigenvalue weighted by Gasteiger charge is 2.16. The summed E-state index contributed by atoms with van der Waals surface area (Å²) in [6.07, 6.45) is 4.62. The lowest BCUT2D eigenvalue weighted by molar-refractivity contribution is -0.711. The molecule has 2 aromatic carbocycles. The van der Waals surface area contributed by atoms with Crippen LogP contribution in [0, 0.1) is 0 Å². The maximum atomic E-state index is 5.27. The van der Waals surface area contributed by atoms with Gasteiger partial charge in [-0.15, -0.1) is 0 Å². The number of hydrogen-bond donors (Lipinski definition) is 1. The Hall–Kier alpha value is -2.32. The lowest BCUT2D eigenvalue weighted by Gasteiger charge is -2.14. The Labute approximate surface area is 125 Å². The van der Waals surface area contributed by atoms with Crippen molar-refractivity contribution in [2.45, 2.75) is 19.0 Å². The molecule has 0 saturated carbocycles. The molecule has 2 heteroatoms. The van der Waals surface area contributed by atoms with Gasteiger partial charge >= 0.3 is 0 Å². The summed E-state index contributed by atoms with van der Waals surface area (Å²) in [5.41, 5.74) is 3.95. The van der Waals surface area contributed by atoms with E-state index < -0.39 is 0 Å². The van der Waals surface area contributed by atoms with E-state index in [0.717, 1.165) is 13.0 Å². The topological polar surface area (TPSA) is 29.8 Å². The first-order chi connectivity index (χ1) is 10.4. The Morgan fingerprint density at radius 2 is 1.48 bits per heavy atom. The van der Waals surface area contributed by atoms with Crippen LogP contribution in [0.15, 0.2) is 83.7 Å². The molecule has 0 amide bonds. The Balaban J connectivity index is 1.71. The number of nitrogens with two attached hydrogens (primary N) is 1. The van der Waals surface area contributed by atoms with Crippen LogP contribution in [0.25, 0.3) is 0 Å². The lowest BCUT2D eigenvalue weighted by atomic mass is 10.0. The van der Waals surface area contributed by atoms with Gasteiger partial charge in [-0.25, -0.2) is 0 Å². The van der Waals surface area contributed by atoms with E-state index in [1.807, 2.05) is 6.26 Å². The van der Waals surface area contributed by atoms with Crippen molar-refractivity contribution in [2.75, 3.05) is 0 Å². The molecule has 2 nitrogen and oxygen atoms in total. The van der Waals surface area contributed by atoms with Crippen LogP contribution in [-0.2, 0) is 13.0 Å². The van der Waals surface area contributed by atoms with Crippen molar-refractivity contribution in [3.05, 3.63) is 95.9 Å². The monoisotopic (exact) mass is 278 g/mol. The molecule has 0 saturated heterocycles. The fourth-order valence-corrected chi connectivity index (χ4v) is 2.58. The molecular weight excluding hydrogens is 258 g/mol. The SMILES string of the molecule is c1ccc(C[NH2+]C(Cc2ccccc2)c2ccoc2)cc1. The van der Waals surface area contributed by atoms with Gasteiger partial charge < -0.3 is 9.73 Å². The van der Waals surface area contributed by atoms with Gasteiger partial charge in [-0.05, 0) is 11.6 Å². The van der Waals surface area contributed by atoms with Crippen LogP contribution in [0.5, 0.6) is 0 Å². The fourth-order valence-electron chi connectivity index (χ4n) is 2.58. The second-order valence-electron chi connectivity index (χ2n) is 5.28. The van der Waals surface area contributed by atoms with Gasteiger partial charge in [0.15, 0.2) is 0 Å². The quantitative estimate of drug-likeness (QED) is 0.736. The van der Waals surface area contributed by atoms with Gasteiger partial charge in [0.2, 0.25) is 0 Å². The molecule has 0 aliphatic carbocycles. The molecule has 1 aromatic heterocycles. The first kappa shape index (κ1) is 13.7. The Morgan fingerprint density at radius 3 is 2.10 bits per heavy atom. The first-order valence-corrected chi connectivity index (χ1v) is 7.35. The zero-order valence-electron chi connectivity index (χ0n) is 12.0. The summed E-state index contributed by atoms with van der Waals surface area (Å²) in [4.78, 5) is 0. The molecular formula is C19H20NO+. The van der Waals surface area contributed by atoms with E-state index in [9.17, 15) is 0 Å². The predicted octanol–water partition coefficient (Wildman–Crippen LogP) is 3.33. The van der Waals surface area contributed by atoms with Crippen LogP contribution < -0.4 is 5.32 Å². The summed E-state index contributed by atoms with van der Waals surface area (Å²) in [5, 5.41) is 2.38. The van der Waals surface area contributed by atoms with E-state index in [0.29, 0.717) is 6.04 Å². The van der Waals surface area contributed by atoms with E-state index in [-0.39, 0.29) is 0 Å². The number of rotatable bonds is 6. The molecule has 0 aliphatic heterocycles. The van der Waals surface area contributed by atoms with Gasteiger partial charge in [-0.3, -0.25) is 0 Å². The van der Waals surface area contributed by atoms with Crippen LogP contribution in [0.3, 0.4) is 0 Å². The smallest absolute Gasteiger partial charge is 0.119 e. The Kier molecular flexibility index (Phi) is 4.49. The predicted molar refractivity (Wildman–Crippen MR) is 83.7 cm³/mol. The molecule has 21 heavy (non-hydrogen) atoms. The Morgan fingerprint density at radius 1 is 0.810 bits per heavy atom. The number of benzene rings is 2. The van der Waals surface area contributed by atoms with E-state index in [1.54, 1.807) is 6.26 Å². The highest BCUT2D eigenvalue weighted by Crippen LogP contribution is 2.15. The van der Waals surface area contributed by atoms with E-state index in [1.165, 1.54) is 16.7 Å². The van der Waals surface area contributed by atoms with Crippen molar-refractivity contribution in [3.8, 4) is 0 Å². The van der Waals surface area contributed by atoms with Gasteiger partial charge in [-0.1, -0.05) is 60.7 Å². The highest BCUT2D eigenvalue weighted by molar-refractivity contribution is 5.19. The normalized spacial score (nSPS) is 12.2. The first-order valence-electron chi connectivity index (χ1n) is 7.35. The minimum Gasteiger partial charge on any atom is -0.472 e. The molecule has 1 atom stereocenters. The minimum absolute atomic E-state index is 0.381. The summed E-state index contributed by atoms with van der Waals surface area (Å²) in [5.74, 6) is 0. The fraction of sp³-hybridized carbons (Fsp3) is 0.158. The number of quaternary nitrogens is 1. The molecule has 3 rings (SSSR count). The second-order valence-corrected chi connectivity index (χ2v) is 5.28. The van der Waals surface area contributed by atoms with Crippen LogP contribution >= 0.6 is 0 Å². The summed E-state index contributed by atoms with van der Waals surface area (Å²) in [6, 6.07) is 23.6. The van der Waals surface area contributed by atoms with Crippen LogP contribution in [0.4, 0.5) is 0 Å². The van der Waals surface area contributed by atoms with Crippen molar-refractivity contribution in [1.29, 1.82) is 0 Å². The molecule has 0 spiro atoms. The summed E-state index contributed by atoms with van der Waals surface area (Å²) in [6.45, 7) is 0.976. The summed E-state index contributed by atoms with van der Waals surface area (Å²) in [7, 11) is 0. The molecule has 0 bridgehead atoms. The second kappa shape index (κ2) is 6.91. The average molecular weight is 278 g/mol.